The molecule has 0 aromatic carbocycles. The first-order chi connectivity index (χ1) is 40.1. The summed E-state index contributed by atoms with van der Waals surface area (Å²) < 4.78 is 39.5. The highest BCUT2D eigenvalue weighted by Crippen LogP contribution is 2.18. The van der Waals surface area contributed by atoms with Crippen LogP contribution in [0.25, 0.3) is 0 Å². The lowest BCUT2D eigenvalue weighted by molar-refractivity contribution is -0.894. The fourth-order valence-corrected chi connectivity index (χ4v) is 11.6. The number of unbranched alkanes of at least 4 members (excludes halogenated alkanes) is 44. The topological polar surface area (TPSA) is 75.6 Å². The number of ether oxygens (including phenoxy) is 6. The fraction of sp³-hybridized carbons (Fsp3) is 1.00. The second-order valence-electron chi connectivity index (χ2n) is 27.2. The molecule has 0 unspecified atom stereocenters. The van der Waals surface area contributed by atoms with Gasteiger partial charge in [0.25, 0.3) is 0 Å². The summed E-state index contributed by atoms with van der Waals surface area (Å²) in [5.41, 5.74) is 0. The average molecular weight is 1170 g/mol. The zero-order chi connectivity index (χ0) is 59.8. The van der Waals surface area contributed by atoms with Crippen molar-refractivity contribution in [2.45, 2.75) is 354 Å². The van der Waals surface area contributed by atoms with Gasteiger partial charge < -0.3 is 42.5 Å². The van der Waals surface area contributed by atoms with Crippen molar-refractivity contribution < 1.29 is 42.5 Å². The SMILES string of the molecule is CCCCCCCCCCCCCCOC[C@H](C[N+](C)(C)CCOCC(O)COCC[N+](C)(C)C[C@@H](COCCCCCCCCCCCCCC)OCCCCCCCCCCCCCC)OCCCCCCCCCCCCCC. The van der Waals surface area contributed by atoms with E-state index in [1.165, 1.54) is 283 Å². The summed E-state index contributed by atoms with van der Waals surface area (Å²) >= 11 is 0. The monoisotopic (exact) mass is 1170 g/mol. The van der Waals surface area contributed by atoms with Crippen LogP contribution in [-0.4, -0.2) is 153 Å². The number of nitrogens with zero attached hydrogens (tertiary/aromatic N) is 2. The Balaban J connectivity index is 4.79. The smallest absolute Gasteiger partial charge is 0.130 e. The highest BCUT2D eigenvalue weighted by atomic mass is 16.5. The summed E-state index contributed by atoms with van der Waals surface area (Å²) in [6.07, 6.45) is 64.5. The molecule has 0 rings (SSSR count). The Hall–Kier alpha value is -0.360. The van der Waals surface area contributed by atoms with E-state index in [-0.39, 0.29) is 25.4 Å². The van der Waals surface area contributed by atoms with Crippen LogP contribution in [0.2, 0.25) is 0 Å². The summed E-state index contributed by atoms with van der Waals surface area (Å²) in [6, 6.07) is 0. The summed E-state index contributed by atoms with van der Waals surface area (Å²) in [6.45, 7) is 19.0. The predicted octanol–water partition coefficient (Wildman–Crippen LogP) is 20.1. The van der Waals surface area contributed by atoms with Gasteiger partial charge in [-0.15, -0.1) is 0 Å². The molecule has 0 saturated heterocycles. The van der Waals surface area contributed by atoms with Crippen LogP contribution in [0.3, 0.4) is 0 Å². The maximum atomic E-state index is 10.9. The molecule has 0 aliphatic rings. The van der Waals surface area contributed by atoms with Gasteiger partial charge in [-0.1, -0.05) is 310 Å². The number of hydrogen-bond donors (Lipinski definition) is 1. The predicted molar refractivity (Wildman–Crippen MR) is 357 cm³/mol. The van der Waals surface area contributed by atoms with Crippen LogP contribution >= 0.6 is 0 Å². The Morgan fingerprint density at radius 1 is 0.244 bits per heavy atom. The van der Waals surface area contributed by atoms with Crippen molar-refractivity contribution in [2.75, 3.05) is 120 Å². The van der Waals surface area contributed by atoms with Crippen molar-refractivity contribution in [3.63, 3.8) is 0 Å². The first-order valence-electron chi connectivity index (χ1n) is 36.9. The Bertz CT molecular complexity index is 1100. The number of aliphatic hydroxyl groups is 1. The van der Waals surface area contributed by atoms with Crippen LogP contribution in [0, 0.1) is 0 Å². The second kappa shape index (κ2) is 65.1. The summed E-state index contributed by atoms with van der Waals surface area (Å²) in [4.78, 5) is 0. The molecule has 0 fully saturated rings. The molecule has 0 bridgehead atoms. The first-order valence-corrected chi connectivity index (χ1v) is 36.9. The van der Waals surface area contributed by atoms with Gasteiger partial charge in [0.2, 0.25) is 0 Å². The van der Waals surface area contributed by atoms with Gasteiger partial charge in [-0.2, -0.15) is 0 Å². The van der Waals surface area contributed by atoms with Crippen molar-refractivity contribution in [3.05, 3.63) is 0 Å². The lowest BCUT2D eigenvalue weighted by atomic mass is 10.1. The minimum Gasteiger partial charge on any atom is -0.388 e. The largest absolute Gasteiger partial charge is 0.388 e. The summed E-state index contributed by atoms with van der Waals surface area (Å²) in [5, 5.41) is 10.9. The van der Waals surface area contributed by atoms with Gasteiger partial charge in [-0.25, -0.2) is 0 Å². The molecule has 9 nitrogen and oxygen atoms in total. The third-order valence-corrected chi connectivity index (χ3v) is 17.3. The van der Waals surface area contributed by atoms with Gasteiger partial charge in [0.05, 0.1) is 67.8 Å². The molecule has 0 saturated carbocycles. The van der Waals surface area contributed by atoms with Crippen LogP contribution in [0.5, 0.6) is 0 Å². The molecule has 82 heavy (non-hydrogen) atoms. The molecule has 9 heteroatoms. The first kappa shape index (κ1) is 81.6. The maximum absolute atomic E-state index is 10.9. The summed E-state index contributed by atoms with van der Waals surface area (Å²) in [5.74, 6) is 0. The number of hydrogen-bond acceptors (Lipinski definition) is 7. The zero-order valence-corrected chi connectivity index (χ0v) is 57.4. The van der Waals surface area contributed by atoms with E-state index in [4.69, 9.17) is 28.4 Å². The highest BCUT2D eigenvalue weighted by Gasteiger charge is 2.25. The molecule has 0 amide bonds. The van der Waals surface area contributed by atoms with E-state index < -0.39 is 6.10 Å². The van der Waals surface area contributed by atoms with E-state index in [9.17, 15) is 5.11 Å². The van der Waals surface area contributed by atoms with Crippen molar-refractivity contribution in [3.8, 4) is 0 Å². The van der Waals surface area contributed by atoms with E-state index in [1.54, 1.807) is 0 Å². The van der Waals surface area contributed by atoms with E-state index in [0.717, 1.165) is 87.3 Å². The standard InChI is InChI=1S/C73H152N2O7/c1-9-13-17-21-25-29-33-37-41-45-49-53-59-77-69-72(81-61-55-51-47-43-39-35-31-27-23-19-15-11-3)65-74(5,6)57-63-79-67-71(76)68-80-64-58-75(7,8)66-73(82-62-56-52-48-44-40-36-32-28-24-20-16-12-4)70-78-60-54-50-46-42-38-34-30-26-22-18-14-10-2/h71-73,76H,9-70H2,1-8H3/q+2/t72-,73-/m0/s1. The summed E-state index contributed by atoms with van der Waals surface area (Å²) in [7, 11) is 9.09. The van der Waals surface area contributed by atoms with Crippen LogP contribution in [0.4, 0.5) is 0 Å². The number of quaternary nitrogens is 2. The normalized spacial score (nSPS) is 13.1. The molecule has 0 aliphatic carbocycles. The van der Waals surface area contributed by atoms with E-state index in [2.05, 4.69) is 55.9 Å². The van der Waals surface area contributed by atoms with Crippen LogP contribution < -0.4 is 0 Å². The molecule has 1 N–H and O–H groups in total. The lowest BCUT2D eigenvalue weighted by Gasteiger charge is -2.33. The van der Waals surface area contributed by atoms with Gasteiger partial charge in [0, 0.05) is 26.4 Å². The third-order valence-electron chi connectivity index (χ3n) is 17.3. The lowest BCUT2D eigenvalue weighted by Crippen LogP contribution is -2.49. The third kappa shape index (κ3) is 64.1. The van der Waals surface area contributed by atoms with Crippen molar-refractivity contribution in [1.82, 2.24) is 0 Å². The molecule has 0 aromatic heterocycles. The van der Waals surface area contributed by atoms with Gasteiger partial charge in [0.1, 0.15) is 44.5 Å². The Morgan fingerprint density at radius 2 is 0.439 bits per heavy atom. The Labute approximate surface area is 514 Å². The molecule has 0 spiro atoms. The minimum absolute atomic E-state index is 0.0688. The van der Waals surface area contributed by atoms with Gasteiger partial charge in [-0.3, -0.25) is 0 Å². The second-order valence-corrected chi connectivity index (χ2v) is 27.2. The number of rotatable bonds is 72. The molecule has 494 valence electrons. The Kier molecular flexibility index (Phi) is 64.8. The molecular weight excluding hydrogens is 1020 g/mol. The van der Waals surface area contributed by atoms with Crippen molar-refractivity contribution in [1.29, 1.82) is 0 Å². The van der Waals surface area contributed by atoms with Gasteiger partial charge >= 0.3 is 0 Å². The van der Waals surface area contributed by atoms with Gasteiger partial charge in [-0.05, 0) is 25.7 Å². The van der Waals surface area contributed by atoms with Crippen molar-refractivity contribution in [2.24, 2.45) is 0 Å². The van der Waals surface area contributed by atoms with Crippen molar-refractivity contribution >= 4 is 0 Å². The quantitative estimate of drug-likeness (QED) is 0.0480. The maximum Gasteiger partial charge on any atom is 0.130 e. The minimum atomic E-state index is -0.646. The molecule has 0 aromatic rings. The fourth-order valence-electron chi connectivity index (χ4n) is 11.6. The number of likely N-dealkylation sites (N-methyl/N-ethyl adjacent to an activating group) is 2. The molecule has 0 aliphatic heterocycles. The van der Waals surface area contributed by atoms with E-state index >= 15 is 0 Å². The molecular formula is C73H152N2O7+2. The Morgan fingerprint density at radius 3 is 0.671 bits per heavy atom. The average Bonchev–Trinajstić information content (AvgIpc) is 3.46. The molecule has 0 heterocycles. The molecule has 0 radical (unpaired) electrons. The van der Waals surface area contributed by atoms with Crippen LogP contribution in [-0.2, 0) is 28.4 Å². The van der Waals surface area contributed by atoms with E-state index in [1.807, 2.05) is 0 Å². The van der Waals surface area contributed by atoms with Crippen LogP contribution in [0.15, 0.2) is 0 Å². The zero-order valence-electron chi connectivity index (χ0n) is 57.4. The van der Waals surface area contributed by atoms with Crippen LogP contribution in [0.1, 0.15) is 336 Å². The highest BCUT2D eigenvalue weighted by molar-refractivity contribution is 4.61. The number of aliphatic hydroxyl groups excluding tert-OH is 1. The van der Waals surface area contributed by atoms with Gasteiger partial charge in [0.15, 0.2) is 0 Å². The molecule has 2 atom stereocenters. The van der Waals surface area contributed by atoms with E-state index in [0.29, 0.717) is 26.4 Å².